The fourth-order valence-corrected chi connectivity index (χ4v) is 4.22. The Kier molecular flexibility index (Phi) is 5.55. The highest BCUT2D eigenvalue weighted by Gasteiger charge is 2.39. The molecule has 2 aromatic carbocycles. The number of amides is 2. The quantitative estimate of drug-likeness (QED) is 0.769. The smallest absolute Gasteiger partial charge is 0.248 e. The molecule has 1 atom stereocenters. The van der Waals surface area contributed by atoms with Crippen LogP contribution < -0.4 is 19.7 Å². The topological polar surface area (TPSA) is 105 Å². The molecule has 0 saturated heterocycles. The number of nitrogens with zero attached hydrogens (tertiary/aromatic N) is 1. The van der Waals surface area contributed by atoms with Crippen molar-refractivity contribution >= 4 is 38.9 Å². The molecule has 3 rings (SSSR count). The van der Waals surface area contributed by atoms with E-state index in [1.165, 1.54) is 0 Å². The third-order valence-electron chi connectivity index (χ3n) is 4.18. The summed E-state index contributed by atoms with van der Waals surface area (Å²) in [4.78, 5) is 25.1. The van der Waals surface area contributed by atoms with Crippen molar-refractivity contribution < 1.29 is 22.7 Å². The normalized spacial score (nSPS) is 16.1. The van der Waals surface area contributed by atoms with Crippen LogP contribution in [0.25, 0.3) is 0 Å². The second-order valence-corrected chi connectivity index (χ2v) is 8.12. The van der Waals surface area contributed by atoms with Crippen molar-refractivity contribution in [3.05, 3.63) is 48.5 Å². The lowest BCUT2D eigenvalue weighted by Gasteiger charge is -2.35. The predicted molar refractivity (Wildman–Crippen MR) is 107 cm³/mol. The van der Waals surface area contributed by atoms with Gasteiger partial charge in [0.1, 0.15) is 11.8 Å². The SMILES string of the molecule is CCOc1ccccc1NC(=O)CC1C(=O)Nc2ccccc2N1S(C)(=O)=O. The summed E-state index contributed by atoms with van der Waals surface area (Å²) in [5.74, 6) is -0.561. The molecule has 28 heavy (non-hydrogen) atoms. The third-order valence-corrected chi connectivity index (χ3v) is 5.35. The molecule has 0 radical (unpaired) electrons. The minimum absolute atomic E-state index is 0.331. The molecular weight excluding hydrogens is 382 g/mol. The number of hydrogen-bond acceptors (Lipinski definition) is 5. The van der Waals surface area contributed by atoms with Gasteiger partial charge in [0.15, 0.2) is 0 Å². The highest BCUT2D eigenvalue weighted by molar-refractivity contribution is 7.92. The number of sulfonamides is 1. The molecule has 1 unspecified atom stereocenters. The van der Waals surface area contributed by atoms with Gasteiger partial charge in [-0.05, 0) is 31.2 Å². The van der Waals surface area contributed by atoms with Crippen molar-refractivity contribution in [1.29, 1.82) is 0 Å². The van der Waals surface area contributed by atoms with Crippen LogP contribution in [-0.4, -0.2) is 39.1 Å². The summed E-state index contributed by atoms with van der Waals surface area (Å²) in [5.41, 5.74) is 1.17. The minimum Gasteiger partial charge on any atom is -0.492 e. The number of benzene rings is 2. The number of carbonyl (C=O) groups is 2. The standard InChI is InChI=1S/C19H21N3O5S/c1-3-27-17-11-7-5-9-14(17)20-18(23)12-16-19(24)21-13-8-4-6-10-15(13)22(16)28(2,25)26/h4-11,16H,3,12H2,1-2H3,(H,20,23)(H,21,24). The zero-order valence-corrected chi connectivity index (χ0v) is 16.3. The monoisotopic (exact) mass is 403 g/mol. The van der Waals surface area contributed by atoms with Gasteiger partial charge in [0.2, 0.25) is 21.8 Å². The molecule has 1 aliphatic heterocycles. The van der Waals surface area contributed by atoms with Crippen LogP contribution in [0.5, 0.6) is 5.75 Å². The van der Waals surface area contributed by atoms with Gasteiger partial charge < -0.3 is 15.4 Å². The van der Waals surface area contributed by atoms with E-state index in [0.29, 0.717) is 29.4 Å². The summed E-state index contributed by atoms with van der Waals surface area (Å²) >= 11 is 0. The Bertz CT molecular complexity index is 1010. The van der Waals surface area contributed by atoms with Crippen LogP contribution in [0.15, 0.2) is 48.5 Å². The first-order chi connectivity index (χ1) is 13.3. The lowest BCUT2D eigenvalue weighted by Crippen LogP contribution is -2.52. The second kappa shape index (κ2) is 7.89. The number of nitrogens with one attached hydrogen (secondary N) is 2. The minimum atomic E-state index is -3.79. The van der Waals surface area contributed by atoms with E-state index in [1.807, 2.05) is 6.92 Å². The third kappa shape index (κ3) is 4.09. The maximum absolute atomic E-state index is 12.6. The Labute approximate surface area is 163 Å². The van der Waals surface area contributed by atoms with Crippen LogP contribution in [0.3, 0.4) is 0 Å². The number of anilines is 3. The molecule has 0 saturated carbocycles. The fraction of sp³-hybridized carbons (Fsp3) is 0.263. The number of hydrogen-bond donors (Lipinski definition) is 2. The largest absolute Gasteiger partial charge is 0.492 e. The molecule has 0 bridgehead atoms. The maximum atomic E-state index is 12.6. The first-order valence-electron chi connectivity index (χ1n) is 8.72. The Morgan fingerprint density at radius 2 is 1.86 bits per heavy atom. The Morgan fingerprint density at radius 3 is 2.57 bits per heavy atom. The summed E-state index contributed by atoms with van der Waals surface area (Å²) in [6, 6.07) is 12.3. The highest BCUT2D eigenvalue weighted by atomic mass is 32.2. The predicted octanol–water partition coefficient (Wildman–Crippen LogP) is 2.20. The van der Waals surface area contributed by atoms with Crippen LogP contribution >= 0.6 is 0 Å². The second-order valence-electron chi connectivity index (χ2n) is 6.26. The van der Waals surface area contributed by atoms with E-state index < -0.39 is 27.9 Å². The van der Waals surface area contributed by atoms with Crippen molar-refractivity contribution in [2.75, 3.05) is 27.8 Å². The van der Waals surface area contributed by atoms with E-state index in [2.05, 4.69) is 10.6 Å². The maximum Gasteiger partial charge on any atom is 0.248 e. The molecule has 0 aliphatic carbocycles. The van der Waals surface area contributed by atoms with E-state index in [4.69, 9.17) is 4.74 Å². The first kappa shape index (κ1) is 19.7. The molecule has 2 N–H and O–H groups in total. The van der Waals surface area contributed by atoms with Crippen LogP contribution in [-0.2, 0) is 19.6 Å². The molecular formula is C19H21N3O5S. The van der Waals surface area contributed by atoms with E-state index >= 15 is 0 Å². The fourth-order valence-electron chi connectivity index (χ4n) is 3.08. The molecule has 148 valence electrons. The molecule has 2 aromatic rings. The zero-order chi connectivity index (χ0) is 20.3. The number of rotatable bonds is 6. The van der Waals surface area contributed by atoms with Crippen molar-refractivity contribution in [2.24, 2.45) is 0 Å². The number of fused-ring (bicyclic) bond motifs is 1. The van der Waals surface area contributed by atoms with E-state index in [9.17, 15) is 18.0 Å². The summed E-state index contributed by atoms with van der Waals surface area (Å²) in [7, 11) is -3.79. The van der Waals surface area contributed by atoms with Gasteiger partial charge in [-0.1, -0.05) is 24.3 Å². The van der Waals surface area contributed by atoms with Crippen molar-refractivity contribution in [3.8, 4) is 5.75 Å². The molecule has 1 aliphatic rings. The molecule has 0 spiro atoms. The number of ether oxygens (including phenoxy) is 1. The van der Waals surface area contributed by atoms with Gasteiger partial charge in [0.05, 0.1) is 36.3 Å². The summed E-state index contributed by atoms with van der Waals surface area (Å²) in [6.45, 7) is 2.25. The first-order valence-corrected chi connectivity index (χ1v) is 10.6. The summed E-state index contributed by atoms with van der Waals surface area (Å²) < 4.78 is 31.2. The van der Waals surface area contributed by atoms with Crippen molar-refractivity contribution in [1.82, 2.24) is 0 Å². The Balaban J connectivity index is 1.86. The highest BCUT2D eigenvalue weighted by Crippen LogP contribution is 2.35. The van der Waals surface area contributed by atoms with Gasteiger partial charge in [-0.2, -0.15) is 0 Å². The molecule has 1 heterocycles. The van der Waals surface area contributed by atoms with Gasteiger partial charge in [0, 0.05) is 0 Å². The van der Waals surface area contributed by atoms with Gasteiger partial charge in [-0.25, -0.2) is 8.42 Å². The van der Waals surface area contributed by atoms with Crippen LogP contribution in [0.4, 0.5) is 17.1 Å². The van der Waals surface area contributed by atoms with Gasteiger partial charge >= 0.3 is 0 Å². The average Bonchev–Trinajstić information content (AvgIpc) is 2.63. The van der Waals surface area contributed by atoms with E-state index in [0.717, 1.165) is 10.6 Å². The Hall–Kier alpha value is -3.07. The van der Waals surface area contributed by atoms with E-state index in [-0.39, 0.29) is 6.42 Å². The van der Waals surface area contributed by atoms with E-state index in [1.54, 1.807) is 48.5 Å². The van der Waals surface area contributed by atoms with Crippen LogP contribution in [0.1, 0.15) is 13.3 Å². The van der Waals surface area contributed by atoms with Crippen molar-refractivity contribution in [3.63, 3.8) is 0 Å². The van der Waals surface area contributed by atoms with Crippen LogP contribution in [0.2, 0.25) is 0 Å². The molecule has 2 amide bonds. The molecule has 8 nitrogen and oxygen atoms in total. The number of carbonyl (C=O) groups excluding carboxylic acids is 2. The molecule has 0 aromatic heterocycles. The average molecular weight is 403 g/mol. The lowest BCUT2D eigenvalue weighted by atomic mass is 10.1. The summed E-state index contributed by atoms with van der Waals surface area (Å²) in [6.07, 6.45) is 0.672. The van der Waals surface area contributed by atoms with Crippen LogP contribution in [0, 0.1) is 0 Å². The van der Waals surface area contributed by atoms with Gasteiger partial charge in [-0.3, -0.25) is 13.9 Å². The van der Waals surface area contributed by atoms with Crippen molar-refractivity contribution in [2.45, 2.75) is 19.4 Å². The number of para-hydroxylation sites is 4. The Morgan fingerprint density at radius 1 is 1.18 bits per heavy atom. The van der Waals surface area contributed by atoms with Gasteiger partial charge in [-0.15, -0.1) is 0 Å². The molecule has 9 heteroatoms. The molecule has 0 fully saturated rings. The van der Waals surface area contributed by atoms with Gasteiger partial charge in [0.25, 0.3) is 0 Å². The summed E-state index contributed by atoms with van der Waals surface area (Å²) in [5, 5.41) is 5.36. The zero-order valence-electron chi connectivity index (χ0n) is 15.5. The lowest BCUT2D eigenvalue weighted by molar-refractivity contribution is -0.122.